The Morgan fingerprint density at radius 3 is 2.65 bits per heavy atom. The summed E-state index contributed by atoms with van der Waals surface area (Å²) in [4.78, 5) is 11.9. The van der Waals surface area contributed by atoms with Crippen molar-refractivity contribution in [3.05, 3.63) is 63.6 Å². The highest BCUT2D eigenvalue weighted by atomic mass is 35.5. The summed E-state index contributed by atoms with van der Waals surface area (Å²) < 4.78 is 0. The first-order chi connectivity index (χ1) is 12.5. The van der Waals surface area contributed by atoms with Crippen molar-refractivity contribution in [2.45, 2.75) is 6.42 Å². The van der Waals surface area contributed by atoms with Crippen molar-refractivity contribution in [1.82, 2.24) is 4.90 Å². The van der Waals surface area contributed by atoms with E-state index in [2.05, 4.69) is 19.0 Å². The van der Waals surface area contributed by atoms with Gasteiger partial charge in [-0.25, -0.2) is 4.99 Å². The van der Waals surface area contributed by atoms with E-state index in [1.54, 1.807) is 11.8 Å². The fraction of sp³-hybridized carbons (Fsp3) is 0.300. The molecule has 1 heterocycles. The molecule has 0 amide bonds. The van der Waals surface area contributed by atoms with Crippen LogP contribution in [-0.2, 0) is 0 Å². The van der Waals surface area contributed by atoms with Gasteiger partial charge in [-0.05, 0) is 51.3 Å². The molecule has 0 aromatic heterocycles. The van der Waals surface area contributed by atoms with Crippen LogP contribution < -0.4 is 0 Å². The summed E-state index contributed by atoms with van der Waals surface area (Å²) >= 11 is 14.4. The van der Waals surface area contributed by atoms with E-state index in [9.17, 15) is 0 Å². The molecule has 26 heavy (non-hydrogen) atoms. The number of halogens is 2. The number of hydrogen-bond acceptors (Lipinski definition) is 4. The van der Waals surface area contributed by atoms with Crippen LogP contribution in [0.15, 0.2) is 52.4 Å². The lowest BCUT2D eigenvalue weighted by atomic mass is 10.0. The molecule has 0 bridgehead atoms. The van der Waals surface area contributed by atoms with Crippen molar-refractivity contribution in [3.63, 3.8) is 0 Å². The number of aliphatic imine (C=N–C) groups is 2. The van der Waals surface area contributed by atoms with Crippen molar-refractivity contribution < 1.29 is 0 Å². The molecule has 0 N–H and O–H groups in total. The average Bonchev–Trinajstić information content (AvgIpc) is 2.78. The van der Waals surface area contributed by atoms with Gasteiger partial charge in [-0.1, -0.05) is 41.4 Å². The fourth-order valence-electron chi connectivity index (χ4n) is 2.73. The summed E-state index contributed by atoms with van der Waals surface area (Å²) in [6.07, 6.45) is 1.12. The third kappa shape index (κ3) is 4.89. The molecule has 0 saturated heterocycles. The minimum Gasteiger partial charge on any atom is -0.309 e. The van der Waals surface area contributed by atoms with Gasteiger partial charge in [-0.3, -0.25) is 4.99 Å². The molecule has 136 valence electrons. The van der Waals surface area contributed by atoms with E-state index in [-0.39, 0.29) is 0 Å². The van der Waals surface area contributed by atoms with Crippen LogP contribution >= 0.6 is 35.0 Å². The lowest BCUT2D eigenvalue weighted by molar-refractivity contribution is 0.410. The molecule has 0 saturated carbocycles. The zero-order valence-electron chi connectivity index (χ0n) is 14.9. The van der Waals surface area contributed by atoms with E-state index in [4.69, 9.17) is 33.2 Å². The SMILES string of the molecule is CN(C)CCCSC1=Nc2ccc(Cl)cc2C(c2ccccc2Cl)=NC1. The highest BCUT2D eigenvalue weighted by Crippen LogP contribution is 2.31. The van der Waals surface area contributed by atoms with Gasteiger partial charge in [0.15, 0.2) is 0 Å². The Labute approximate surface area is 169 Å². The standard InChI is InChI=1S/C20H21Cl2N3S/c1-25(2)10-5-11-26-19-13-23-20(15-6-3-4-7-17(15)22)16-12-14(21)8-9-18(16)24-19/h3-4,6-9,12H,5,10-11,13H2,1-2H3. The first kappa shape index (κ1) is 19.4. The van der Waals surface area contributed by atoms with Crippen molar-refractivity contribution >= 4 is 51.4 Å². The van der Waals surface area contributed by atoms with Crippen LogP contribution in [0.2, 0.25) is 10.0 Å². The molecular formula is C20H21Cl2N3S. The molecular weight excluding hydrogens is 385 g/mol. The fourth-order valence-corrected chi connectivity index (χ4v) is 3.95. The highest BCUT2D eigenvalue weighted by molar-refractivity contribution is 8.14. The summed E-state index contributed by atoms with van der Waals surface area (Å²) in [5.41, 5.74) is 3.57. The number of nitrogens with zero attached hydrogens (tertiary/aromatic N) is 3. The van der Waals surface area contributed by atoms with Gasteiger partial charge in [0, 0.05) is 26.9 Å². The van der Waals surface area contributed by atoms with E-state index < -0.39 is 0 Å². The summed E-state index contributed by atoms with van der Waals surface area (Å²) in [5.74, 6) is 1.02. The maximum atomic E-state index is 6.42. The van der Waals surface area contributed by atoms with Crippen LogP contribution in [0.3, 0.4) is 0 Å². The molecule has 3 rings (SSSR count). The van der Waals surface area contributed by atoms with Gasteiger partial charge >= 0.3 is 0 Å². The summed E-state index contributed by atoms with van der Waals surface area (Å²) in [6, 6.07) is 13.5. The van der Waals surface area contributed by atoms with E-state index in [1.165, 1.54) is 0 Å². The third-order valence-electron chi connectivity index (χ3n) is 3.98. The van der Waals surface area contributed by atoms with Crippen molar-refractivity contribution in [3.8, 4) is 0 Å². The van der Waals surface area contributed by atoms with Crippen molar-refractivity contribution in [2.75, 3.05) is 32.9 Å². The number of benzene rings is 2. The van der Waals surface area contributed by atoms with Crippen LogP contribution in [-0.4, -0.2) is 48.6 Å². The van der Waals surface area contributed by atoms with E-state index in [0.717, 1.165) is 46.3 Å². The largest absolute Gasteiger partial charge is 0.309 e. The molecule has 2 aromatic rings. The van der Waals surface area contributed by atoms with Gasteiger partial charge in [-0.2, -0.15) is 0 Å². The molecule has 0 aliphatic carbocycles. The topological polar surface area (TPSA) is 28.0 Å². The first-order valence-electron chi connectivity index (χ1n) is 8.49. The molecule has 6 heteroatoms. The smallest absolute Gasteiger partial charge is 0.0954 e. The molecule has 1 aliphatic rings. The Balaban J connectivity index is 1.91. The zero-order valence-corrected chi connectivity index (χ0v) is 17.2. The number of hydrogen-bond donors (Lipinski definition) is 0. The van der Waals surface area contributed by atoms with E-state index in [0.29, 0.717) is 16.6 Å². The van der Waals surface area contributed by atoms with Crippen LogP contribution in [0.1, 0.15) is 17.5 Å². The van der Waals surface area contributed by atoms with Crippen molar-refractivity contribution in [1.29, 1.82) is 0 Å². The first-order valence-corrected chi connectivity index (χ1v) is 10.2. The highest BCUT2D eigenvalue weighted by Gasteiger charge is 2.18. The maximum Gasteiger partial charge on any atom is 0.0954 e. The van der Waals surface area contributed by atoms with E-state index in [1.807, 2.05) is 42.5 Å². The zero-order chi connectivity index (χ0) is 18.5. The Kier molecular flexibility index (Phi) is 6.76. The Morgan fingerprint density at radius 1 is 1.08 bits per heavy atom. The monoisotopic (exact) mass is 405 g/mol. The van der Waals surface area contributed by atoms with Crippen LogP contribution in [0.4, 0.5) is 5.69 Å². The molecule has 1 aliphatic heterocycles. The average molecular weight is 406 g/mol. The number of thioether (sulfide) groups is 1. The van der Waals surface area contributed by atoms with Gasteiger partial charge in [0.25, 0.3) is 0 Å². The second kappa shape index (κ2) is 9.05. The van der Waals surface area contributed by atoms with Gasteiger partial charge in [0.1, 0.15) is 0 Å². The quantitative estimate of drug-likeness (QED) is 0.608. The molecule has 0 fully saturated rings. The van der Waals surface area contributed by atoms with Crippen LogP contribution in [0, 0.1) is 0 Å². The normalized spacial score (nSPS) is 13.9. The Hall–Kier alpha value is -1.33. The lowest BCUT2D eigenvalue weighted by Gasteiger charge is -2.10. The van der Waals surface area contributed by atoms with Gasteiger partial charge in [0.05, 0.1) is 23.0 Å². The van der Waals surface area contributed by atoms with Crippen LogP contribution in [0.5, 0.6) is 0 Å². The molecule has 0 radical (unpaired) electrons. The Bertz CT molecular complexity index is 847. The van der Waals surface area contributed by atoms with Gasteiger partial charge < -0.3 is 4.90 Å². The van der Waals surface area contributed by atoms with Gasteiger partial charge in [-0.15, -0.1) is 11.8 Å². The van der Waals surface area contributed by atoms with E-state index >= 15 is 0 Å². The number of fused-ring (bicyclic) bond motifs is 1. The van der Waals surface area contributed by atoms with Gasteiger partial charge in [0.2, 0.25) is 0 Å². The predicted octanol–water partition coefficient (Wildman–Crippen LogP) is 5.56. The molecule has 0 unspecified atom stereocenters. The summed E-state index contributed by atoms with van der Waals surface area (Å²) in [6.45, 7) is 1.63. The molecule has 3 nitrogen and oxygen atoms in total. The third-order valence-corrected chi connectivity index (χ3v) is 5.59. The minimum absolute atomic E-state index is 0.555. The molecule has 0 spiro atoms. The van der Waals surface area contributed by atoms with Crippen molar-refractivity contribution in [2.24, 2.45) is 9.98 Å². The number of rotatable bonds is 5. The second-order valence-corrected chi connectivity index (χ2v) is 8.33. The summed E-state index contributed by atoms with van der Waals surface area (Å²) in [5, 5.41) is 2.37. The molecule has 2 aromatic carbocycles. The summed E-state index contributed by atoms with van der Waals surface area (Å²) in [7, 11) is 4.18. The molecule has 0 atom stereocenters. The second-order valence-electron chi connectivity index (χ2n) is 6.32. The Morgan fingerprint density at radius 2 is 1.88 bits per heavy atom. The minimum atomic E-state index is 0.555. The maximum absolute atomic E-state index is 6.42. The van der Waals surface area contributed by atoms with Crippen LogP contribution in [0.25, 0.3) is 0 Å². The predicted molar refractivity (Wildman–Crippen MR) is 116 cm³/mol. The lowest BCUT2D eigenvalue weighted by Crippen LogP contribution is -2.14.